The van der Waals surface area contributed by atoms with E-state index in [-0.39, 0.29) is 30.2 Å². The summed E-state index contributed by atoms with van der Waals surface area (Å²) in [5.41, 5.74) is 0. The number of amides is 2. The molecule has 2 amide bonds. The Hall–Kier alpha value is -1.54. The Bertz CT molecular complexity index is 532. The Morgan fingerprint density at radius 2 is 2.24 bits per heavy atom. The Morgan fingerprint density at radius 1 is 1.48 bits per heavy atom. The minimum atomic E-state index is -0.983. The number of aliphatic carboxylic acids is 1. The number of carbonyl (C=O) groups excluding carboxylic acids is 2. The van der Waals surface area contributed by atoms with Crippen molar-refractivity contribution in [3.05, 3.63) is 22.4 Å². The summed E-state index contributed by atoms with van der Waals surface area (Å²) < 4.78 is 0. The van der Waals surface area contributed by atoms with Gasteiger partial charge in [0.1, 0.15) is 6.04 Å². The molecule has 6 nitrogen and oxygen atoms in total. The van der Waals surface area contributed by atoms with Crippen LogP contribution in [0.2, 0.25) is 0 Å². The third-order valence-corrected chi connectivity index (χ3v) is 5.25. The Balaban J connectivity index is 1.84. The number of carbonyl (C=O) groups is 3. The van der Waals surface area contributed by atoms with E-state index in [2.05, 4.69) is 5.32 Å². The van der Waals surface area contributed by atoms with Crippen LogP contribution in [0.4, 0.5) is 0 Å². The van der Waals surface area contributed by atoms with Gasteiger partial charge in [-0.1, -0.05) is 6.07 Å². The summed E-state index contributed by atoms with van der Waals surface area (Å²) >= 11 is 2.78. The number of nitrogens with zero attached hydrogens (tertiary/aromatic N) is 1. The Labute approximate surface area is 130 Å². The van der Waals surface area contributed by atoms with Crippen molar-refractivity contribution < 1.29 is 19.5 Å². The molecule has 1 aromatic rings. The second kappa shape index (κ2) is 6.95. The third kappa shape index (κ3) is 3.76. The first-order valence-electron chi connectivity index (χ1n) is 6.48. The van der Waals surface area contributed by atoms with Crippen LogP contribution in [0, 0.1) is 0 Å². The topological polar surface area (TPSA) is 86.7 Å². The van der Waals surface area contributed by atoms with Gasteiger partial charge in [-0.05, 0) is 18.4 Å². The van der Waals surface area contributed by atoms with Crippen molar-refractivity contribution in [1.82, 2.24) is 10.2 Å². The van der Waals surface area contributed by atoms with Crippen LogP contribution < -0.4 is 5.32 Å². The van der Waals surface area contributed by atoms with Crippen LogP contribution in [0.5, 0.6) is 0 Å². The molecule has 114 valence electrons. The monoisotopic (exact) mass is 328 g/mol. The van der Waals surface area contributed by atoms with Crippen LogP contribution in [0.1, 0.15) is 23.0 Å². The van der Waals surface area contributed by atoms with E-state index in [1.165, 1.54) is 28.0 Å². The van der Waals surface area contributed by atoms with Crippen molar-refractivity contribution in [3.8, 4) is 0 Å². The van der Waals surface area contributed by atoms with Crippen LogP contribution in [0.25, 0.3) is 0 Å². The van der Waals surface area contributed by atoms with Gasteiger partial charge in [-0.2, -0.15) is 0 Å². The van der Waals surface area contributed by atoms with Crippen LogP contribution in [0.15, 0.2) is 17.5 Å². The first kappa shape index (κ1) is 15.8. The fourth-order valence-corrected chi connectivity index (χ4v) is 3.95. The number of hydrogen-bond donors (Lipinski definition) is 2. The van der Waals surface area contributed by atoms with E-state index in [4.69, 9.17) is 5.11 Å². The molecule has 0 radical (unpaired) electrons. The predicted octanol–water partition coefficient (Wildman–Crippen LogP) is 1.24. The average molecular weight is 328 g/mol. The highest BCUT2D eigenvalue weighted by Crippen LogP contribution is 2.29. The molecule has 2 N–H and O–H groups in total. The van der Waals surface area contributed by atoms with E-state index in [0.717, 1.165) is 0 Å². The number of thiophene rings is 1. The van der Waals surface area contributed by atoms with Crippen LogP contribution in [-0.2, 0) is 9.59 Å². The average Bonchev–Trinajstić information content (AvgIpc) is 3.07. The molecule has 1 aliphatic rings. The first-order chi connectivity index (χ1) is 10.0. The molecule has 0 bridgehead atoms. The van der Waals surface area contributed by atoms with Gasteiger partial charge in [0.25, 0.3) is 5.91 Å². The summed E-state index contributed by atoms with van der Waals surface area (Å²) in [7, 11) is 0. The molecule has 21 heavy (non-hydrogen) atoms. The van der Waals surface area contributed by atoms with Gasteiger partial charge in [0.2, 0.25) is 5.91 Å². The smallest absolute Gasteiger partial charge is 0.327 e. The van der Waals surface area contributed by atoms with Crippen molar-refractivity contribution in [3.63, 3.8) is 0 Å². The minimum Gasteiger partial charge on any atom is -0.480 e. The van der Waals surface area contributed by atoms with Crippen molar-refractivity contribution >= 4 is 40.9 Å². The van der Waals surface area contributed by atoms with Gasteiger partial charge in [-0.25, -0.2) is 4.79 Å². The van der Waals surface area contributed by atoms with Crippen molar-refractivity contribution in [2.45, 2.75) is 24.8 Å². The molecule has 1 aromatic heterocycles. The summed E-state index contributed by atoms with van der Waals surface area (Å²) in [6.07, 6.45) is 0.103. The van der Waals surface area contributed by atoms with E-state index < -0.39 is 12.0 Å². The Morgan fingerprint density at radius 3 is 2.86 bits per heavy atom. The van der Waals surface area contributed by atoms with Crippen LogP contribution >= 0.6 is 23.1 Å². The molecular formula is C13H16N2O4S2. The zero-order valence-electron chi connectivity index (χ0n) is 11.4. The van der Waals surface area contributed by atoms with Gasteiger partial charge in [0, 0.05) is 18.7 Å². The first-order valence-corrected chi connectivity index (χ1v) is 8.41. The largest absolute Gasteiger partial charge is 0.480 e. The molecular weight excluding hydrogens is 312 g/mol. The van der Waals surface area contributed by atoms with Gasteiger partial charge in [-0.15, -0.1) is 23.1 Å². The maximum Gasteiger partial charge on any atom is 0.327 e. The molecule has 8 heteroatoms. The van der Waals surface area contributed by atoms with E-state index in [1.807, 2.05) is 6.92 Å². The maximum atomic E-state index is 12.1. The summed E-state index contributed by atoms with van der Waals surface area (Å²) in [6.45, 7) is 2.02. The maximum absolute atomic E-state index is 12.1. The normalized spacial score (nSPS) is 21.3. The molecule has 0 saturated carbocycles. The number of thioether (sulfide) groups is 1. The zero-order valence-corrected chi connectivity index (χ0v) is 13.1. The highest BCUT2D eigenvalue weighted by Gasteiger charge is 2.38. The lowest BCUT2D eigenvalue weighted by Gasteiger charge is -2.25. The second-order valence-corrected chi connectivity index (χ2v) is 6.87. The summed E-state index contributed by atoms with van der Waals surface area (Å²) in [5, 5.41) is 13.4. The number of hydrogen-bond acceptors (Lipinski definition) is 5. The SMILES string of the molecule is CC1SCC(C(=O)O)N1C(=O)CCNC(=O)c1cccs1. The number of rotatable bonds is 5. The van der Waals surface area contributed by atoms with Gasteiger partial charge in [0.15, 0.2) is 0 Å². The molecule has 2 atom stereocenters. The highest BCUT2D eigenvalue weighted by molar-refractivity contribution is 8.00. The lowest BCUT2D eigenvalue weighted by Crippen LogP contribution is -2.45. The molecule has 1 fully saturated rings. The van der Waals surface area contributed by atoms with Gasteiger partial charge >= 0.3 is 5.97 Å². The quantitative estimate of drug-likeness (QED) is 0.849. The minimum absolute atomic E-state index is 0.103. The zero-order chi connectivity index (χ0) is 15.4. The molecule has 1 saturated heterocycles. The molecule has 0 aromatic carbocycles. The van der Waals surface area contributed by atoms with E-state index in [9.17, 15) is 14.4 Å². The van der Waals surface area contributed by atoms with Gasteiger partial charge < -0.3 is 15.3 Å². The van der Waals surface area contributed by atoms with Crippen molar-refractivity contribution in [2.75, 3.05) is 12.3 Å². The van der Waals surface area contributed by atoms with Gasteiger partial charge in [-0.3, -0.25) is 9.59 Å². The van der Waals surface area contributed by atoms with Crippen LogP contribution in [-0.4, -0.2) is 51.5 Å². The standard InChI is InChI=1S/C13H16N2O4S2/c1-8-15(9(7-21-8)13(18)19)11(16)4-5-14-12(17)10-3-2-6-20-10/h2-3,6,8-9H,4-5,7H2,1H3,(H,14,17)(H,18,19). The fraction of sp³-hybridized carbons (Fsp3) is 0.462. The van der Waals surface area contributed by atoms with Crippen molar-refractivity contribution in [1.29, 1.82) is 0 Å². The summed E-state index contributed by atoms with van der Waals surface area (Å²) in [4.78, 5) is 37.0. The van der Waals surface area contributed by atoms with Gasteiger partial charge in [0.05, 0.1) is 10.3 Å². The highest BCUT2D eigenvalue weighted by atomic mass is 32.2. The summed E-state index contributed by atoms with van der Waals surface area (Å²) in [5.74, 6) is -1.03. The lowest BCUT2D eigenvalue weighted by molar-refractivity contribution is -0.148. The Kier molecular flexibility index (Phi) is 5.24. The number of carboxylic acids is 1. The fourth-order valence-electron chi connectivity index (χ4n) is 2.12. The third-order valence-electron chi connectivity index (χ3n) is 3.17. The molecule has 0 aliphatic carbocycles. The lowest BCUT2D eigenvalue weighted by atomic mass is 10.2. The van der Waals surface area contributed by atoms with E-state index >= 15 is 0 Å². The molecule has 2 heterocycles. The summed E-state index contributed by atoms with van der Waals surface area (Å²) in [6, 6.07) is 2.72. The van der Waals surface area contributed by atoms with Crippen molar-refractivity contribution in [2.24, 2.45) is 0 Å². The molecule has 2 rings (SSSR count). The molecule has 1 aliphatic heterocycles. The van der Waals surface area contributed by atoms with E-state index in [1.54, 1.807) is 17.5 Å². The molecule has 0 spiro atoms. The second-order valence-electron chi connectivity index (χ2n) is 4.57. The predicted molar refractivity (Wildman–Crippen MR) is 81.5 cm³/mol. The van der Waals surface area contributed by atoms with Crippen LogP contribution in [0.3, 0.4) is 0 Å². The number of carboxylic acid groups (broad SMARTS) is 1. The number of nitrogens with one attached hydrogen (secondary N) is 1. The van der Waals surface area contributed by atoms with E-state index in [0.29, 0.717) is 10.6 Å². The molecule has 2 unspecified atom stereocenters.